The molecule has 2 N–H and O–H groups in total. The smallest absolute Gasteiger partial charge is 0.337 e. The van der Waals surface area contributed by atoms with Gasteiger partial charge in [0.2, 0.25) is 0 Å². The number of halogens is 1. The molecule has 0 fully saturated rings. The summed E-state index contributed by atoms with van der Waals surface area (Å²) in [5.74, 6) is -2.03. The van der Waals surface area contributed by atoms with Crippen LogP contribution in [0.15, 0.2) is 42.5 Å². The van der Waals surface area contributed by atoms with Gasteiger partial charge in [0.25, 0.3) is 5.91 Å². The maximum Gasteiger partial charge on any atom is 0.337 e. The number of aromatic carboxylic acids is 1. The fraction of sp³-hybridized carbons (Fsp3) is 0.211. The number of carbonyl (C=O) groups excluding carboxylic acids is 2. The zero-order valence-electron chi connectivity index (χ0n) is 14.9. The van der Waals surface area contributed by atoms with Crippen molar-refractivity contribution in [1.82, 2.24) is 0 Å². The Morgan fingerprint density at radius 1 is 1.15 bits per heavy atom. The van der Waals surface area contributed by atoms with E-state index in [2.05, 4.69) is 5.32 Å². The zero-order chi connectivity index (χ0) is 20.0. The van der Waals surface area contributed by atoms with E-state index >= 15 is 0 Å². The molecular weight excluding hydrogens is 372 g/mol. The van der Waals surface area contributed by atoms with Crippen LogP contribution in [0.2, 0.25) is 5.02 Å². The second-order valence-electron chi connectivity index (χ2n) is 5.66. The molecule has 0 bridgehead atoms. The molecule has 2 rings (SSSR count). The standard InChI is InChI=1S/C19H19ClN2O5/c1-3-27-17(23)11-22(2)16-9-8-14(10-15(16)19(25)26)21-18(24)12-4-6-13(20)7-5-12/h4-10H,3,11H2,1-2H3,(H,21,24)(H,25,26). The molecule has 0 atom stereocenters. The highest BCUT2D eigenvalue weighted by molar-refractivity contribution is 6.30. The van der Waals surface area contributed by atoms with Gasteiger partial charge in [-0.25, -0.2) is 4.79 Å². The molecule has 0 saturated heterocycles. The third-order valence-electron chi connectivity index (χ3n) is 3.67. The van der Waals surface area contributed by atoms with Crippen molar-refractivity contribution in [2.45, 2.75) is 6.92 Å². The van der Waals surface area contributed by atoms with Crippen LogP contribution in [0.25, 0.3) is 0 Å². The van der Waals surface area contributed by atoms with Crippen molar-refractivity contribution < 1.29 is 24.2 Å². The molecule has 27 heavy (non-hydrogen) atoms. The number of amides is 1. The van der Waals surface area contributed by atoms with Crippen LogP contribution in [0.3, 0.4) is 0 Å². The molecule has 142 valence electrons. The third-order valence-corrected chi connectivity index (χ3v) is 3.93. The van der Waals surface area contributed by atoms with Crippen molar-refractivity contribution in [2.24, 2.45) is 0 Å². The van der Waals surface area contributed by atoms with Gasteiger partial charge in [-0.2, -0.15) is 0 Å². The SMILES string of the molecule is CCOC(=O)CN(C)c1ccc(NC(=O)c2ccc(Cl)cc2)cc1C(=O)O. The molecule has 0 aliphatic heterocycles. The number of esters is 1. The molecule has 0 aliphatic carbocycles. The molecule has 0 saturated carbocycles. The highest BCUT2D eigenvalue weighted by atomic mass is 35.5. The Bertz CT molecular complexity index is 852. The number of nitrogens with zero attached hydrogens (tertiary/aromatic N) is 1. The van der Waals surface area contributed by atoms with Gasteiger partial charge in [0.05, 0.1) is 17.9 Å². The molecule has 0 radical (unpaired) electrons. The number of hydrogen-bond donors (Lipinski definition) is 2. The predicted octanol–water partition coefficient (Wildman–Crippen LogP) is 3.29. The van der Waals surface area contributed by atoms with Gasteiger partial charge in [0.1, 0.15) is 6.54 Å². The summed E-state index contributed by atoms with van der Waals surface area (Å²) in [5, 5.41) is 12.6. The van der Waals surface area contributed by atoms with Crippen molar-refractivity contribution in [3.8, 4) is 0 Å². The maximum atomic E-state index is 12.3. The Balaban J connectivity index is 2.21. The molecule has 7 nitrogen and oxygen atoms in total. The summed E-state index contributed by atoms with van der Waals surface area (Å²) in [7, 11) is 1.59. The molecule has 0 unspecified atom stereocenters. The van der Waals surface area contributed by atoms with E-state index in [0.717, 1.165) is 0 Å². The van der Waals surface area contributed by atoms with Gasteiger partial charge in [0.15, 0.2) is 0 Å². The van der Waals surface area contributed by atoms with Gasteiger partial charge in [-0.3, -0.25) is 9.59 Å². The first-order valence-corrected chi connectivity index (χ1v) is 8.50. The molecule has 0 aliphatic rings. The van der Waals surface area contributed by atoms with Gasteiger partial charge in [0, 0.05) is 23.3 Å². The topological polar surface area (TPSA) is 95.9 Å². The molecule has 8 heteroatoms. The molecule has 1 amide bonds. The molecule has 0 aromatic heterocycles. The van der Waals surface area contributed by atoms with Crippen molar-refractivity contribution in [1.29, 1.82) is 0 Å². The summed E-state index contributed by atoms with van der Waals surface area (Å²) in [5.41, 5.74) is 0.996. The Kier molecular flexibility index (Phi) is 6.79. The minimum absolute atomic E-state index is 0.0456. The fourth-order valence-corrected chi connectivity index (χ4v) is 2.53. The number of ether oxygens (including phenoxy) is 1. The Morgan fingerprint density at radius 2 is 1.81 bits per heavy atom. The number of hydrogen-bond acceptors (Lipinski definition) is 5. The van der Waals surface area contributed by atoms with Crippen molar-refractivity contribution >= 4 is 40.8 Å². The molecular formula is C19H19ClN2O5. The van der Waals surface area contributed by atoms with E-state index in [1.165, 1.54) is 17.0 Å². The van der Waals surface area contributed by atoms with Crippen LogP contribution in [0.1, 0.15) is 27.6 Å². The normalized spacial score (nSPS) is 10.2. The van der Waals surface area contributed by atoms with Crippen molar-refractivity contribution in [3.63, 3.8) is 0 Å². The van der Waals surface area contributed by atoms with Crippen LogP contribution in [0.4, 0.5) is 11.4 Å². The lowest BCUT2D eigenvalue weighted by Gasteiger charge is -2.21. The highest BCUT2D eigenvalue weighted by Gasteiger charge is 2.18. The van der Waals surface area contributed by atoms with E-state index in [4.69, 9.17) is 16.3 Å². The predicted molar refractivity (Wildman–Crippen MR) is 103 cm³/mol. The average Bonchev–Trinajstić information content (AvgIpc) is 2.62. The van der Waals surface area contributed by atoms with Gasteiger partial charge in [-0.15, -0.1) is 0 Å². The van der Waals surface area contributed by atoms with Crippen LogP contribution in [-0.2, 0) is 9.53 Å². The minimum Gasteiger partial charge on any atom is -0.478 e. The molecule has 2 aromatic rings. The number of benzene rings is 2. The number of carboxylic acid groups (broad SMARTS) is 1. The number of carboxylic acids is 1. The number of carbonyl (C=O) groups is 3. The monoisotopic (exact) mass is 390 g/mol. The lowest BCUT2D eigenvalue weighted by Crippen LogP contribution is -2.28. The number of nitrogens with one attached hydrogen (secondary N) is 1. The van der Waals surface area contributed by atoms with Gasteiger partial charge in [-0.05, 0) is 49.4 Å². The van der Waals surface area contributed by atoms with Gasteiger partial charge >= 0.3 is 11.9 Å². The minimum atomic E-state index is -1.18. The highest BCUT2D eigenvalue weighted by Crippen LogP contribution is 2.24. The maximum absolute atomic E-state index is 12.3. The summed E-state index contributed by atoms with van der Waals surface area (Å²) < 4.78 is 4.87. The third kappa shape index (κ3) is 5.46. The molecule has 0 spiro atoms. The quantitative estimate of drug-likeness (QED) is 0.704. The Labute approximate surface area is 161 Å². The van der Waals surface area contributed by atoms with E-state index in [-0.39, 0.29) is 18.7 Å². The Hall–Kier alpha value is -3.06. The second kappa shape index (κ2) is 9.05. The first-order valence-electron chi connectivity index (χ1n) is 8.12. The van der Waals surface area contributed by atoms with E-state index in [9.17, 15) is 19.5 Å². The van der Waals surface area contributed by atoms with Crippen molar-refractivity contribution in [3.05, 3.63) is 58.6 Å². The van der Waals surface area contributed by atoms with E-state index in [1.54, 1.807) is 44.3 Å². The zero-order valence-corrected chi connectivity index (χ0v) is 15.6. The molecule has 0 heterocycles. The largest absolute Gasteiger partial charge is 0.478 e. The summed E-state index contributed by atoms with van der Waals surface area (Å²) >= 11 is 5.80. The molecule has 2 aromatic carbocycles. The van der Waals surface area contributed by atoms with Crippen LogP contribution >= 0.6 is 11.6 Å². The van der Waals surface area contributed by atoms with Gasteiger partial charge < -0.3 is 20.1 Å². The summed E-state index contributed by atoms with van der Waals surface area (Å²) in [6, 6.07) is 10.7. The first kappa shape index (κ1) is 20.3. The fourth-order valence-electron chi connectivity index (χ4n) is 2.41. The number of anilines is 2. The van der Waals surface area contributed by atoms with E-state index < -0.39 is 17.8 Å². The number of likely N-dealkylation sites (N-methyl/N-ethyl adjacent to an activating group) is 1. The second-order valence-corrected chi connectivity index (χ2v) is 6.10. The Morgan fingerprint density at radius 3 is 2.41 bits per heavy atom. The summed E-state index contributed by atoms with van der Waals surface area (Å²) in [6.45, 7) is 1.84. The van der Waals surface area contributed by atoms with Crippen LogP contribution < -0.4 is 10.2 Å². The van der Waals surface area contributed by atoms with Crippen molar-refractivity contribution in [2.75, 3.05) is 30.4 Å². The first-order chi connectivity index (χ1) is 12.8. The summed E-state index contributed by atoms with van der Waals surface area (Å²) in [6.07, 6.45) is 0. The van der Waals surface area contributed by atoms with Crippen LogP contribution in [-0.4, -0.2) is 43.2 Å². The lowest BCUT2D eigenvalue weighted by molar-refractivity contribution is -0.141. The summed E-state index contributed by atoms with van der Waals surface area (Å²) in [4.78, 5) is 37.0. The van der Waals surface area contributed by atoms with Gasteiger partial charge in [-0.1, -0.05) is 11.6 Å². The van der Waals surface area contributed by atoms with Crippen LogP contribution in [0.5, 0.6) is 0 Å². The van der Waals surface area contributed by atoms with E-state index in [1.807, 2.05) is 0 Å². The van der Waals surface area contributed by atoms with Crippen LogP contribution in [0, 0.1) is 0 Å². The number of rotatable bonds is 7. The van der Waals surface area contributed by atoms with E-state index in [0.29, 0.717) is 22.0 Å². The average molecular weight is 391 g/mol. The lowest BCUT2D eigenvalue weighted by atomic mass is 10.1.